The standard InChI is InChI=1S/C27H25N5O4S/c1-16-24(36-26(29-16)20-8-10-35-14-20)25(34)31-27-30-21(15-37-27)18-4-6-22-19(11-18)5-7-23(33)32(22)13-17-3-2-9-28-12-17/h2-4,6,9,11-12,15,20H,5,7-8,10,13-14H2,1H3,(H,30,31,34). The molecule has 37 heavy (non-hydrogen) atoms. The van der Waals surface area contributed by atoms with Gasteiger partial charge in [-0.05, 0) is 49.1 Å². The minimum atomic E-state index is -0.369. The van der Waals surface area contributed by atoms with Crippen LogP contribution in [0.15, 0.2) is 52.5 Å². The maximum Gasteiger partial charge on any atom is 0.295 e. The number of pyridine rings is 1. The molecule has 2 amide bonds. The zero-order valence-electron chi connectivity index (χ0n) is 20.3. The van der Waals surface area contributed by atoms with Gasteiger partial charge in [0.15, 0.2) is 5.13 Å². The van der Waals surface area contributed by atoms with Gasteiger partial charge in [0.1, 0.15) is 0 Å². The zero-order chi connectivity index (χ0) is 25.4. The van der Waals surface area contributed by atoms with Crippen molar-refractivity contribution in [3.05, 3.63) is 76.6 Å². The van der Waals surface area contributed by atoms with E-state index >= 15 is 0 Å². The molecule has 0 spiro atoms. The first-order valence-corrected chi connectivity index (χ1v) is 13.1. The molecule has 1 saturated heterocycles. The molecule has 9 nitrogen and oxygen atoms in total. The number of nitrogens with zero attached hydrogens (tertiary/aromatic N) is 4. The molecule has 0 aliphatic carbocycles. The molecule has 1 unspecified atom stereocenters. The first kappa shape index (κ1) is 23.5. The number of carbonyl (C=O) groups excluding carboxylic acids is 2. The van der Waals surface area contributed by atoms with Crippen molar-refractivity contribution >= 4 is 34.0 Å². The molecule has 188 valence electrons. The van der Waals surface area contributed by atoms with E-state index in [-0.39, 0.29) is 23.5 Å². The molecule has 1 N–H and O–H groups in total. The van der Waals surface area contributed by atoms with Gasteiger partial charge in [-0.15, -0.1) is 11.3 Å². The fourth-order valence-corrected chi connectivity index (χ4v) is 5.43. The highest BCUT2D eigenvalue weighted by atomic mass is 32.1. The predicted octanol–water partition coefficient (Wildman–Crippen LogP) is 4.74. The second-order valence-corrected chi connectivity index (χ2v) is 10.1. The third-order valence-electron chi connectivity index (χ3n) is 6.66. The van der Waals surface area contributed by atoms with E-state index in [1.807, 2.05) is 34.5 Å². The van der Waals surface area contributed by atoms with E-state index in [1.165, 1.54) is 11.3 Å². The summed E-state index contributed by atoms with van der Waals surface area (Å²) in [4.78, 5) is 40.6. The number of rotatable bonds is 6. The van der Waals surface area contributed by atoms with E-state index in [1.54, 1.807) is 19.3 Å². The molecule has 3 aromatic heterocycles. The quantitative estimate of drug-likeness (QED) is 0.395. The molecule has 5 heterocycles. The largest absolute Gasteiger partial charge is 0.435 e. The number of amides is 2. The Balaban J connectivity index is 1.18. The van der Waals surface area contributed by atoms with Crippen LogP contribution in [-0.4, -0.2) is 40.0 Å². The number of hydrogen-bond donors (Lipinski definition) is 1. The predicted molar refractivity (Wildman–Crippen MR) is 139 cm³/mol. The Bertz CT molecular complexity index is 1460. The third-order valence-corrected chi connectivity index (χ3v) is 7.42. The van der Waals surface area contributed by atoms with Gasteiger partial charge in [-0.25, -0.2) is 9.97 Å². The van der Waals surface area contributed by atoms with Crippen molar-refractivity contribution in [2.45, 2.75) is 38.6 Å². The maximum absolute atomic E-state index is 12.9. The van der Waals surface area contributed by atoms with Crippen LogP contribution in [0.5, 0.6) is 0 Å². The van der Waals surface area contributed by atoms with E-state index in [9.17, 15) is 9.59 Å². The monoisotopic (exact) mass is 515 g/mol. The van der Waals surface area contributed by atoms with E-state index < -0.39 is 0 Å². The fraction of sp³-hybridized carbons (Fsp3) is 0.296. The molecule has 2 aliphatic heterocycles. The molecule has 2 aliphatic rings. The molecular weight excluding hydrogens is 490 g/mol. The van der Waals surface area contributed by atoms with E-state index in [0.29, 0.717) is 49.3 Å². The molecule has 1 aromatic carbocycles. The smallest absolute Gasteiger partial charge is 0.295 e. The molecule has 0 radical (unpaired) electrons. The van der Waals surface area contributed by atoms with Crippen molar-refractivity contribution in [1.82, 2.24) is 15.0 Å². The summed E-state index contributed by atoms with van der Waals surface area (Å²) >= 11 is 1.35. The van der Waals surface area contributed by atoms with Gasteiger partial charge in [0.25, 0.3) is 5.91 Å². The molecule has 4 aromatic rings. The van der Waals surface area contributed by atoms with Crippen LogP contribution in [0.3, 0.4) is 0 Å². The summed E-state index contributed by atoms with van der Waals surface area (Å²) in [6, 6.07) is 9.86. The summed E-state index contributed by atoms with van der Waals surface area (Å²) in [7, 11) is 0. The second-order valence-electron chi connectivity index (χ2n) is 9.20. The Labute approximate surface area is 217 Å². The number of benzene rings is 1. The number of thiazole rings is 1. The SMILES string of the molecule is Cc1nc(C2CCOC2)oc1C(=O)Nc1nc(-c2ccc3c(c2)CCC(=O)N3Cc2cccnc2)cs1. The highest BCUT2D eigenvalue weighted by Crippen LogP contribution is 2.34. The summed E-state index contributed by atoms with van der Waals surface area (Å²) in [5.74, 6) is 0.572. The summed E-state index contributed by atoms with van der Waals surface area (Å²) in [6.07, 6.45) is 5.49. The second kappa shape index (κ2) is 9.87. The van der Waals surface area contributed by atoms with Gasteiger partial charge in [0.2, 0.25) is 17.6 Å². The number of ether oxygens (including phenoxy) is 1. The Morgan fingerprint density at radius 1 is 1.24 bits per heavy atom. The van der Waals surface area contributed by atoms with Gasteiger partial charge in [-0.3, -0.25) is 19.9 Å². The Hall–Kier alpha value is -3.89. The zero-order valence-corrected chi connectivity index (χ0v) is 21.1. The lowest BCUT2D eigenvalue weighted by atomic mass is 9.97. The van der Waals surface area contributed by atoms with Crippen LogP contribution in [0, 0.1) is 6.92 Å². The van der Waals surface area contributed by atoms with Crippen LogP contribution < -0.4 is 10.2 Å². The molecule has 10 heteroatoms. The Morgan fingerprint density at radius 2 is 2.16 bits per heavy atom. The van der Waals surface area contributed by atoms with Crippen molar-refractivity contribution in [3.8, 4) is 11.3 Å². The van der Waals surface area contributed by atoms with Crippen molar-refractivity contribution in [3.63, 3.8) is 0 Å². The van der Waals surface area contributed by atoms with Crippen molar-refractivity contribution in [2.75, 3.05) is 23.4 Å². The Kier molecular flexibility index (Phi) is 6.27. The average Bonchev–Trinajstić information content (AvgIpc) is 3.67. The minimum Gasteiger partial charge on any atom is -0.435 e. The summed E-state index contributed by atoms with van der Waals surface area (Å²) in [6.45, 7) is 3.49. The first-order chi connectivity index (χ1) is 18.0. The number of oxazole rings is 1. The first-order valence-electron chi connectivity index (χ1n) is 12.2. The number of aryl methyl sites for hydroxylation is 2. The molecule has 0 saturated carbocycles. The lowest BCUT2D eigenvalue weighted by Crippen LogP contribution is -2.34. The van der Waals surface area contributed by atoms with Crippen LogP contribution in [0.2, 0.25) is 0 Å². The third kappa shape index (κ3) is 4.77. The van der Waals surface area contributed by atoms with Crippen molar-refractivity contribution < 1.29 is 18.7 Å². The number of hydrogen-bond acceptors (Lipinski definition) is 8. The van der Waals surface area contributed by atoms with Crippen LogP contribution in [-0.2, 0) is 22.5 Å². The number of anilines is 2. The minimum absolute atomic E-state index is 0.0892. The highest BCUT2D eigenvalue weighted by Gasteiger charge is 2.27. The number of aromatic nitrogens is 3. The number of nitrogens with one attached hydrogen (secondary N) is 1. The van der Waals surface area contributed by atoms with Crippen LogP contribution in [0.1, 0.15) is 52.0 Å². The van der Waals surface area contributed by atoms with E-state index in [0.717, 1.165) is 34.5 Å². The lowest BCUT2D eigenvalue weighted by molar-refractivity contribution is -0.119. The summed E-state index contributed by atoms with van der Waals surface area (Å²) in [5, 5.41) is 5.23. The highest BCUT2D eigenvalue weighted by molar-refractivity contribution is 7.14. The molecule has 6 rings (SSSR count). The van der Waals surface area contributed by atoms with Crippen LogP contribution in [0.4, 0.5) is 10.8 Å². The topological polar surface area (TPSA) is 110 Å². The Morgan fingerprint density at radius 3 is 2.97 bits per heavy atom. The van der Waals surface area contributed by atoms with E-state index in [4.69, 9.17) is 9.15 Å². The van der Waals surface area contributed by atoms with Gasteiger partial charge >= 0.3 is 0 Å². The summed E-state index contributed by atoms with van der Waals surface area (Å²) in [5.41, 5.74) is 5.24. The average molecular weight is 516 g/mol. The fourth-order valence-electron chi connectivity index (χ4n) is 4.72. The van der Waals surface area contributed by atoms with Gasteiger partial charge < -0.3 is 14.1 Å². The molecule has 0 bridgehead atoms. The number of carbonyl (C=O) groups is 2. The lowest BCUT2D eigenvalue weighted by Gasteiger charge is -2.29. The molecule has 1 fully saturated rings. The van der Waals surface area contributed by atoms with Gasteiger partial charge in [0.05, 0.1) is 30.5 Å². The van der Waals surface area contributed by atoms with E-state index in [2.05, 4.69) is 26.3 Å². The van der Waals surface area contributed by atoms with Crippen LogP contribution >= 0.6 is 11.3 Å². The van der Waals surface area contributed by atoms with Crippen molar-refractivity contribution in [2.24, 2.45) is 0 Å². The molecule has 1 atom stereocenters. The normalized spacial score (nSPS) is 17.2. The summed E-state index contributed by atoms with van der Waals surface area (Å²) < 4.78 is 11.2. The number of fused-ring (bicyclic) bond motifs is 1. The van der Waals surface area contributed by atoms with Crippen molar-refractivity contribution in [1.29, 1.82) is 0 Å². The molecular formula is C27H25N5O4S. The van der Waals surface area contributed by atoms with Gasteiger partial charge in [-0.2, -0.15) is 0 Å². The van der Waals surface area contributed by atoms with Crippen LogP contribution in [0.25, 0.3) is 11.3 Å². The van der Waals surface area contributed by atoms with Gasteiger partial charge in [-0.1, -0.05) is 12.1 Å². The van der Waals surface area contributed by atoms with Gasteiger partial charge in [0, 0.05) is 42.1 Å². The maximum atomic E-state index is 12.9.